The summed E-state index contributed by atoms with van der Waals surface area (Å²) in [4.78, 5) is 0. The van der Waals surface area contributed by atoms with Crippen LogP contribution in [-0.2, 0) is 0 Å². The van der Waals surface area contributed by atoms with Gasteiger partial charge in [-0.1, -0.05) is 48.1 Å². The monoisotopic (exact) mass is 214 g/mol. The fourth-order valence-electron chi connectivity index (χ4n) is 2.27. The Morgan fingerprint density at radius 1 is 1.12 bits per heavy atom. The minimum absolute atomic E-state index is 0.128. The van der Waals surface area contributed by atoms with Crippen LogP contribution < -0.4 is 0 Å². The lowest BCUT2D eigenvalue weighted by atomic mass is 9.87. The normalized spacial score (nSPS) is 20.6. The van der Waals surface area contributed by atoms with E-state index in [4.69, 9.17) is 0 Å². The van der Waals surface area contributed by atoms with E-state index in [2.05, 4.69) is 31.2 Å². The van der Waals surface area contributed by atoms with Crippen LogP contribution in [0.25, 0.3) is 5.57 Å². The van der Waals surface area contributed by atoms with Gasteiger partial charge in [-0.25, -0.2) is 0 Å². The van der Waals surface area contributed by atoms with Gasteiger partial charge in [0.15, 0.2) is 0 Å². The Balaban J connectivity index is 2.34. The first kappa shape index (κ1) is 11.2. The van der Waals surface area contributed by atoms with Crippen molar-refractivity contribution >= 4 is 5.57 Å². The summed E-state index contributed by atoms with van der Waals surface area (Å²) in [5.74, 6) is 0.128. The van der Waals surface area contributed by atoms with E-state index in [9.17, 15) is 5.11 Å². The minimum atomic E-state index is -0.683. The summed E-state index contributed by atoms with van der Waals surface area (Å²) in [6.07, 6.45) is 4.32. The summed E-state index contributed by atoms with van der Waals surface area (Å²) >= 11 is 0. The van der Waals surface area contributed by atoms with Gasteiger partial charge in [0.1, 0.15) is 0 Å². The number of hydrogen-bond acceptors (Lipinski definition) is 1. The van der Waals surface area contributed by atoms with Crippen molar-refractivity contribution in [1.29, 1.82) is 0 Å². The molecule has 1 heteroatoms. The summed E-state index contributed by atoms with van der Waals surface area (Å²) in [5.41, 5.74) is 2.97. The molecule has 0 aromatic heterocycles. The number of aliphatic hydroxyl groups is 1. The lowest BCUT2D eigenvalue weighted by molar-refractivity contribution is 0.0515. The van der Waals surface area contributed by atoms with Crippen molar-refractivity contribution < 1.29 is 5.11 Å². The van der Waals surface area contributed by atoms with Crippen LogP contribution >= 0.6 is 0 Å². The molecular formula is C15H18O. The molecule has 1 aromatic carbocycles. The first-order valence-corrected chi connectivity index (χ1v) is 5.66. The van der Waals surface area contributed by atoms with Gasteiger partial charge < -0.3 is 5.11 Å². The zero-order valence-electron chi connectivity index (χ0n) is 10.1. The Kier molecular flexibility index (Phi) is 2.73. The van der Waals surface area contributed by atoms with Crippen molar-refractivity contribution in [2.24, 2.45) is 5.92 Å². The second-order valence-electron chi connectivity index (χ2n) is 5.01. The predicted octanol–water partition coefficient (Wildman–Crippen LogP) is 3.42. The summed E-state index contributed by atoms with van der Waals surface area (Å²) in [6, 6.07) is 10.3. The summed E-state index contributed by atoms with van der Waals surface area (Å²) < 4.78 is 0. The number of benzene rings is 1. The zero-order valence-corrected chi connectivity index (χ0v) is 10.1. The molecule has 0 radical (unpaired) electrons. The van der Waals surface area contributed by atoms with E-state index in [-0.39, 0.29) is 5.92 Å². The Morgan fingerprint density at radius 2 is 1.75 bits per heavy atom. The topological polar surface area (TPSA) is 20.2 Å². The summed E-state index contributed by atoms with van der Waals surface area (Å²) in [6.45, 7) is 5.80. The summed E-state index contributed by atoms with van der Waals surface area (Å²) in [5, 5.41) is 10.1. The first-order valence-electron chi connectivity index (χ1n) is 5.66. The second-order valence-corrected chi connectivity index (χ2v) is 5.01. The van der Waals surface area contributed by atoms with Crippen LogP contribution in [0.15, 0.2) is 48.1 Å². The van der Waals surface area contributed by atoms with Crippen molar-refractivity contribution in [3.63, 3.8) is 0 Å². The van der Waals surface area contributed by atoms with Gasteiger partial charge >= 0.3 is 0 Å². The maximum atomic E-state index is 10.1. The van der Waals surface area contributed by atoms with E-state index in [1.54, 1.807) is 0 Å². The van der Waals surface area contributed by atoms with Crippen LogP contribution in [0.1, 0.15) is 26.3 Å². The Morgan fingerprint density at radius 3 is 2.25 bits per heavy atom. The molecular weight excluding hydrogens is 196 g/mol. The highest BCUT2D eigenvalue weighted by atomic mass is 16.3. The van der Waals surface area contributed by atoms with Gasteiger partial charge in [0, 0.05) is 5.92 Å². The van der Waals surface area contributed by atoms with E-state index in [1.165, 1.54) is 16.7 Å². The van der Waals surface area contributed by atoms with Gasteiger partial charge in [-0.3, -0.25) is 0 Å². The standard InChI is InChI=1S/C15H18O/c1-11-9-13(10-14(11)15(2,3)16)12-7-5-4-6-8-12/h4-10,14,16H,1-3H3. The van der Waals surface area contributed by atoms with Crippen molar-refractivity contribution in [2.45, 2.75) is 26.4 Å². The maximum absolute atomic E-state index is 10.1. The lowest BCUT2D eigenvalue weighted by Gasteiger charge is -2.25. The molecule has 0 amide bonds. The van der Waals surface area contributed by atoms with Crippen LogP contribution in [0.5, 0.6) is 0 Å². The molecule has 1 aliphatic carbocycles. The largest absolute Gasteiger partial charge is 0.390 e. The molecule has 0 saturated carbocycles. The molecule has 0 spiro atoms. The highest BCUT2D eigenvalue weighted by Crippen LogP contribution is 2.36. The second kappa shape index (κ2) is 3.91. The molecule has 0 fully saturated rings. The average molecular weight is 214 g/mol. The molecule has 84 valence electrons. The van der Waals surface area contributed by atoms with E-state index in [0.717, 1.165) is 0 Å². The van der Waals surface area contributed by atoms with Crippen LogP contribution in [0.2, 0.25) is 0 Å². The van der Waals surface area contributed by atoms with Crippen LogP contribution in [0.4, 0.5) is 0 Å². The number of rotatable bonds is 2. The highest BCUT2D eigenvalue weighted by Gasteiger charge is 2.29. The molecule has 0 bridgehead atoms. The van der Waals surface area contributed by atoms with Gasteiger partial charge in [0.2, 0.25) is 0 Å². The Labute approximate surface area is 97.1 Å². The molecule has 16 heavy (non-hydrogen) atoms. The molecule has 1 aliphatic rings. The molecule has 0 saturated heterocycles. The van der Waals surface area contributed by atoms with E-state index >= 15 is 0 Å². The molecule has 1 nitrogen and oxygen atoms in total. The van der Waals surface area contributed by atoms with Crippen molar-refractivity contribution in [3.8, 4) is 0 Å². The number of hydrogen-bond donors (Lipinski definition) is 1. The molecule has 1 unspecified atom stereocenters. The van der Waals surface area contributed by atoms with Gasteiger partial charge in [-0.05, 0) is 31.9 Å². The van der Waals surface area contributed by atoms with Crippen molar-refractivity contribution in [3.05, 3.63) is 53.6 Å². The Bertz CT molecular complexity index is 432. The third-order valence-electron chi connectivity index (χ3n) is 3.09. The average Bonchev–Trinajstić information content (AvgIpc) is 2.61. The van der Waals surface area contributed by atoms with E-state index in [1.807, 2.05) is 32.0 Å². The van der Waals surface area contributed by atoms with Crippen LogP contribution in [0.3, 0.4) is 0 Å². The third kappa shape index (κ3) is 2.10. The molecule has 0 heterocycles. The molecule has 2 rings (SSSR count). The van der Waals surface area contributed by atoms with Gasteiger partial charge in [0.05, 0.1) is 5.60 Å². The minimum Gasteiger partial charge on any atom is -0.390 e. The number of allylic oxidation sites excluding steroid dienone is 2. The van der Waals surface area contributed by atoms with Crippen molar-refractivity contribution in [2.75, 3.05) is 0 Å². The molecule has 0 aliphatic heterocycles. The molecule has 1 atom stereocenters. The molecule has 1 N–H and O–H groups in total. The smallest absolute Gasteiger partial charge is 0.0691 e. The van der Waals surface area contributed by atoms with Gasteiger partial charge in [-0.15, -0.1) is 0 Å². The highest BCUT2D eigenvalue weighted by molar-refractivity contribution is 5.78. The fraction of sp³-hybridized carbons (Fsp3) is 0.333. The quantitative estimate of drug-likeness (QED) is 0.799. The van der Waals surface area contributed by atoms with Crippen LogP contribution in [0, 0.1) is 5.92 Å². The summed E-state index contributed by atoms with van der Waals surface area (Å²) in [7, 11) is 0. The maximum Gasteiger partial charge on any atom is 0.0691 e. The lowest BCUT2D eigenvalue weighted by Crippen LogP contribution is -2.29. The Hall–Kier alpha value is -1.34. The van der Waals surface area contributed by atoms with Gasteiger partial charge in [0.25, 0.3) is 0 Å². The first-order chi connectivity index (χ1) is 7.48. The fourth-order valence-corrected chi connectivity index (χ4v) is 2.27. The third-order valence-corrected chi connectivity index (χ3v) is 3.09. The molecule has 1 aromatic rings. The van der Waals surface area contributed by atoms with Gasteiger partial charge in [-0.2, -0.15) is 0 Å². The van der Waals surface area contributed by atoms with E-state index < -0.39 is 5.60 Å². The SMILES string of the molecule is CC1=CC(c2ccccc2)=CC1C(C)(C)O. The van der Waals surface area contributed by atoms with E-state index in [0.29, 0.717) is 0 Å². The van der Waals surface area contributed by atoms with Crippen LogP contribution in [-0.4, -0.2) is 10.7 Å². The zero-order chi connectivity index (χ0) is 11.8. The van der Waals surface area contributed by atoms with Crippen molar-refractivity contribution in [1.82, 2.24) is 0 Å². The predicted molar refractivity (Wildman–Crippen MR) is 68.0 cm³/mol.